The number of hydrogen-bond acceptors (Lipinski definition) is 4. The molecule has 0 radical (unpaired) electrons. The fourth-order valence-corrected chi connectivity index (χ4v) is 3.15. The quantitative estimate of drug-likeness (QED) is 0.843. The molecule has 1 saturated heterocycles. The largest absolute Gasteiger partial charge is 0.497 e. The van der Waals surface area contributed by atoms with Crippen molar-refractivity contribution in [1.82, 2.24) is 0 Å². The Balaban J connectivity index is 1.98. The van der Waals surface area contributed by atoms with E-state index in [9.17, 15) is 14.7 Å². The summed E-state index contributed by atoms with van der Waals surface area (Å²) in [5.41, 5.74) is 1.60. The van der Waals surface area contributed by atoms with Crippen LogP contribution in [0.1, 0.15) is 45.5 Å². The van der Waals surface area contributed by atoms with E-state index in [1.807, 2.05) is 0 Å². The Kier molecular flexibility index (Phi) is 5.03. The first-order valence-corrected chi connectivity index (χ1v) is 8.41. The van der Waals surface area contributed by atoms with Gasteiger partial charge in [0, 0.05) is 29.9 Å². The van der Waals surface area contributed by atoms with Crippen molar-refractivity contribution in [2.24, 2.45) is 0 Å². The molecule has 5 heteroatoms. The number of hydrogen-bond donors (Lipinski definition) is 1. The van der Waals surface area contributed by atoms with Gasteiger partial charge in [-0.1, -0.05) is 0 Å². The molecule has 1 aliphatic rings. The summed E-state index contributed by atoms with van der Waals surface area (Å²) in [6.07, 6.45) is 3.44. The molecular weight excluding hydrogens is 318 g/mol. The second-order valence-corrected chi connectivity index (χ2v) is 6.14. The van der Waals surface area contributed by atoms with Crippen LogP contribution in [0, 0.1) is 0 Å². The van der Waals surface area contributed by atoms with Crippen LogP contribution >= 0.6 is 0 Å². The standard InChI is InChI=1S/C20H21NO4/c1-25-16-8-5-14(6-9-16)19(22)18-13-15(7-10-17(18)20(23)24)21-11-3-2-4-12-21/h5-10,13H,2-4,11-12H2,1H3,(H,23,24). The third-order valence-electron chi connectivity index (χ3n) is 4.55. The van der Waals surface area contributed by atoms with Crippen molar-refractivity contribution in [2.75, 3.05) is 25.1 Å². The zero-order chi connectivity index (χ0) is 17.8. The molecule has 0 unspecified atom stereocenters. The van der Waals surface area contributed by atoms with Crippen LogP contribution in [0.4, 0.5) is 5.69 Å². The van der Waals surface area contributed by atoms with Crippen LogP contribution in [0.3, 0.4) is 0 Å². The first-order valence-electron chi connectivity index (χ1n) is 8.41. The smallest absolute Gasteiger partial charge is 0.336 e. The number of carboxylic acid groups (broad SMARTS) is 1. The monoisotopic (exact) mass is 339 g/mol. The van der Waals surface area contributed by atoms with Crippen LogP contribution in [-0.2, 0) is 0 Å². The molecule has 3 rings (SSSR count). The summed E-state index contributed by atoms with van der Waals surface area (Å²) in [6, 6.07) is 11.7. The fourth-order valence-electron chi connectivity index (χ4n) is 3.15. The summed E-state index contributed by atoms with van der Waals surface area (Å²) in [5, 5.41) is 9.46. The van der Waals surface area contributed by atoms with Gasteiger partial charge in [0.15, 0.2) is 5.78 Å². The van der Waals surface area contributed by atoms with E-state index in [0.717, 1.165) is 31.6 Å². The van der Waals surface area contributed by atoms with Crippen molar-refractivity contribution in [2.45, 2.75) is 19.3 Å². The maximum atomic E-state index is 12.9. The van der Waals surface area contributed by atoms with Crippen LogP contribution in [0.2, 0.25) is 0 Å². The molecule has 0 aromatic heterocycles. The average molecular weight is 339 g/mol. The Bertz CT molecular complexity index is 777. The van der Waals surface area contributed by atoms with E-state index >= 15 is 0 Å². The number of methoxy groups -OCH3 is 1. The molecule has 0 saturated carbocycles. The number of anilines is 1. The van der Waals surface area contributed by atoms with Gasteiger partial charge in [0.1, 0.15) is 5.75 Å². The lowest BCUT2D eigenvalue weighted by Gasteiger charge is -2.29. The maximum Gasteiger partial charge on any atom is 0.336 e. The summed E-state index contributed by atoms with van der Waals surface area (Å²) in [5.74, 6) is -0.738. The molecule has 2 aromatic rings. The van der Waals surface area contributed by atoms with Crippen molar-refractivity contribution in [3.8, 4) is 5.75 Å². The Hall–Kier alpha value is -2.82. The Labute approximate surface area is 146 Å². The molecule has 0 spiro atoms. The summed E-state index contributed by atoms with van der Waals surface area (Å²) in [4.78, 5) is 26.7. The Morgan fingerprint density at radius 1 is 0.960 bits per heavy atom. The third-order valence-corrected chi connectivity index (χ3v) is 4.55. The zero-order valence-corrected chi connectivity index (χ0v) is 14.2. The highest BCUT2D eigenvalue weighted by Crippen LogP contribution is 2.25. The number of carbonyl (C=O) groups excluding carboxylic acids is 1. The second kappa shape index (κ2) is 7.38. The summed E-state index contributed by atoms with van der Waals surface area (Å²) in [6.45, 7) is 1.87. The van der Waals surface area contributed by atoms with Gasteiger partial charge in [-0.15, -0.1) is 0 Å². The van der Waals surface area contributed by atoms with Crippen molar-refractivity contribution >= 4 is 17.4 Å². The molecule has 0 aliphatic carbocycles. The van der Waals surface area contributed by atoms with Gasteiger partial charge in [0.2, 0.25) is 0 Å². The van der Waals surface area contributed by atoms with Crippen LogP contribution in [-0.4, -0.2) is 37.1 Å². The van der Waals surface area contributed by atoms with E-state index in [1.54, 1.807) is 43.5 Å². The molecule has 0 bridgehead atoms. The minimum absolute atomic E-state index is 0.0292. The first-order chi connectivity index (χ1) is 12.1. The molecule has 1 heterocycles. The molecule has 2 aromatic carbocycles. The lowest BCUT2D eigenvalue weighted by Crippen LogP contribution is -2.29. The van der Waals surface area contributed by atoms with E-state index in [-0.39, 0.29) is 16.9 Å². The number of piperidine rings is 1. The molecule has 1 N–H and O–H groups in total. The van der Waals surface area contributed by atoms with E-state index in [2.05, 4.69) is 4.90 Å². The van der Waals surface area contributed by atoms with Crippen molar-refractivity contribution in [1.29, 1.82) is 0 Å². The predicted molar refractivity (Wildman–Crippen MR) is 95.9 cm³/mol. The molecule has 0 atom stereocenters. The number of ether oxygens (including phenoxy) is 1. The van der Waals surface area contributed by atoms with E-state index < -0.39 is 5.97 Å². The molecule has 25 heavy (non-hydrogen) atoms. The molecule has 1 fully saturated rings. The normalized spacial score (nSPS) is 14.2. The van der Waals surface area contributed by atoms with E-state index in [1.165, 1.54) is 12.5 Å². The lowest BCUT2D eigenvalue weighted by molar-refractivity contribution is 0.0693. The highest BCUT2D eigenvalue weighted by Gasteiger charge is 2.21. The molecule has 0 amide bonds. The SMILES string of the molecule is COc1ccc(C(=O)c2cc(N3CCCCC3)ccc2C(=O)O)cc1. The van der Waals surface area contributed by atoms with Gasteiger partial charge in [0.05, 0.1) is 12.7 Å². The summed E-state index contributed by atoms with van der Waals surface area (Å²) in [7, 11) is 1.56. The van der Waals surface area contributed by atoms with Gasteiger partial charge in [-0.2, -0.15) is 0 Å². The highest BCUT2D eigenvalue weighted by molar-refractivity contribution is 6.14. The maximum absolute atomic E-state index is 12.9. The Morgan fingerprint density at radius 2 is 1.64 bits per heavy atom. The molecule has 5 nitrogen and oxygen atoms in total. The zero-order valence-electron chi connectivity index (χ0n) is 14.2. The summed E-state index contributed by atoms with van der Waals surface area (Å²) < 4.78 is 5.10. The number of benzene rings is 2. The molecular formula is C20H21NO4. The van der Waals surface area contributed by atoms with Crippen LogP contribution in [0.15, 0.2) is 42.5 Å². The predicted octanol–water partition coefficient (Wildman–Crippen LogP) is 3.61. The van der Waals surface area contributed by atoms with Crippen LogP contribution in [0.25, 0.3) is 0 Å². The minimum Gasteiger partial charge on any atom is -0.497 e. The van der Waals surface area contributed by atoms with Crippen molar-refractivity contribution in [3.63, 3.8) is 0 Å². The number of carbonyl (C=O) groups is 2. The first kappa shape index (κ1) is 17.0. The van der Waals surface area contributed by atoms with Gasteiger partial charge < -0.3 is 14.7 Å². The second-order valence-electron chi connectivity index (χ2n) is 6.14. The van der Waals surface area contributed by atoms with Gasteiger partial charge >= 0.3 is 5.97 Å². The van der Waals surface area contributed by atoms with Gasteiger partial charge in [-0.25, -0.2) is 4.79 Å². The van der Waals surface area contributed by atoms with Gasteiger partial charge in [-0.3, -0.25) is 4.79 Å². The van der Waals surface area contributed by atoms with Gasteiger partial charge in [-0.05, 0) is 61.7 Å². The van der Waals surface area contributed by atoms with Crippen LogP contribution in [0.5, 0.6) is 5.75 Å². The lowest BCUT2D eigenvalue weighted by atomic mass is 9.97. The van der Waals surface area contributed by atoms with Crippen LogP contribution < -0.4 is 9.64 Å². The number of nitrogens with zero attached hydrogens (tertiary/aromatic N) is 1. The number of ketones is 1. The van der Waals surface area contributed by atoms with E-state index in [0.29, 0.717) is 11.3 Å². The average Bonchev–Trinajstić information content (AvgIpc) is 2.67. The topological polar surface area (TPSA) is 66.8 Å². The molecule has 1 aliphatic heterocycles. The van der Waals surface area contributed by atoms with Crippen molar-refractivity contribution in [3.05, 3.63) is 59.2 Å². The Morgan fingerprint density at radius 3 is 2.24 bits per heavy atom. The fraction of sp³-hybridized carbons (Fsp3) is 0.300. The number of aromatic carboxylic acids is 1. The van der Waals surface area contributed by atoms with Gasteiger partial charge in [0.25, 0.3) is 0 Å². The minimum atomic E-state index is -1.10. The van der Waals surface area contributed by atoms with E-state index in [4.69, 9.17) is 4.74 Å². The van der Waals surface area contributed by atoms with Crippen molar-refractivity contribution < 1.29 is 19.4 Å². The third kappa shape index (κ3) is 3.65. The number of rotatable bonds is 5. The number of carboxylic acids is 1. The summed E-state index contributed by atoms with van der Waals surface area (Å²) >= 11 is 0. The molecule has 130 valence electrons. The highest BCUT2D eigenvalue weighted by atomic mass is 16.5.